The predicted molar refractivity (Wildman–Crippen MR) is 101 cm³/mol. The molecule has 0 bridgehead atoms. The number of aryl methyl sites for hydroxylation is 1. The second kappa shape index (κ2) is 6.58. The number of sulfone groups is 1. The monoisotopic (exact) mass is 429 g/mol. The van der Waals surface area contributed by atoms with Gasteiger partial charge in [0, 0.05) is 18.5 Å². The Morgan fingerprint density at radius 1 is 1.14 bits per heavy atom. The summed E-state index contributed by atoms with van der Waals surface area (Å²) < 4.78 is 64.0. The molecule has 1 aliphatic rings. The number of benzene rings is 1. The standard InChI is InChI=1S/C19H22F3N3O3S/c1-17(2,3)14-11-15(25(4)24-14)23-16(26)18(9-10-18)29(27,28)13-7-5-12(6-8-13)19(20,21)22/h5-8,11H,9-10H2,1-4H3,(H,23,26). The number of anilines is 1. The van der Waals surface area contributed by atoms with Crippen molar-refractivity contribution in [1.29, 1.82) is 0 Å². The van der Waals surface area contributed by atoms with Gasteiger partial charge in [-0.3, -0.25) is 9.48 Å². The Kier molecular flexibility index (Phi) is 4.84. The number of alkyl halides is 3. The zero-order chi connectivity index (χ0) is 21.8. The van der Waals surface area contributed by atoms with Gasteiger partial charge < -0.3 is 5.32 Å². The van der Waals surface area contributed by atoms with Gasteiger partial charge in [-0.25, -0.2) is 8.42 Å². The lowest BCUT2D eigenvalue weighted by Gasteiger charge is -2.17. The number of halogens is 3. The fourth-order valence-electron chi connectivity index (χ4n) is 2.96. The third kappa shape index (κ3) is 3.77. The highest BCUT2D eigenvalue weighted by molar-refractivity contribution is 7.94. The van der Waals surface area contributed by atoms with Gasteiger partial charge in [-0.15, -0.1) is 0 Å². The normalized spacial score (nSPS) is 16.5. The first-order chi connectivity index (χ1) is 13.2. The van der Waals surface area contributed by atoms with Crippen LogP contribution >= 0.6 is 0 Å². The maximum atomic E-state index is 13.0. The van der Waals surface area contributed by atoms with Crippen molar-refractivity contribution >= 4 is 21.6 Å². The van der Waals surface area contributed by atoms with E-state index in [1.165, 1.54) is 4.68 Å². The molecule has 3 rings (SSSR count). The lowest BCUT2D eigenvalue weighted by atomic mass is 9.92. The number of nitrogens with one attached hydrogen (secondary N) is 1. The van der Waals surface area contributed by atoms with Crippen molar-refractivity contribution < 1.29 is 26.4 Å². The molecule has 1 fully saturated rings. The van der Waals surface area contributed by atoms with Crippen molar-refractivity contribution in [3.8, 4) is 0 Å². The van der Waals surface area contributed by atoms with Crippen LogP contribution in [0.3, 0.4) is 0 Å². The molecule has 1 N–H and O–H groups in total. The summed E-state index contributed by atoms with van der Waals surface area (Å²) in [5.41, 5.74) is -0.481. The number of amides is 1. The molecule has 1 aromatic carbocycles. The fraction of sp³-hybridized carbons (Fsp3) is 0.474. The van der Waals surface area contributed by atoms with E-state index in [0.29, 0.717) is 18.0 Å². The SMILES string of the molecule is Cn1nc(C(C)(C)C)cc1NC(=O)C1(S(=O)(=O)c2ccc(C(F)(F)F)cc2)CC1. The molecule has 6 nitrogen and oxygen atoms in total. The lowest BCUT2D eigenvalue weighted by Crippen LogP contribution is -2.38. The highest BCUT2D eigenvalue weighted by atomic mass is 32.2. The summed E-state index contributed by atoms with van der Waals surface area (Å²) in [6.45, 7) is 5.87. The molecule has 1 saturated carbocycles. The van der Waals surface area contributed by atoms with Gasteiger partial charge in [-0.2, -0.15) is 18.3 Å². The molecule has 0 radical (unpaired) electrons. The van der Waals surface area contributed by atoms with Gasteiger partial charge >= 0.3 is 6.18 Å². The van der Waals surface area contributed by atoms with Crippen LogP contribution in [0.5, 0.6) is 0 Å². The quantitative estimate of drug-likeness (QED) is 0.804. The first kappa shape index (κ1) is 21.4. The largest absolute Gasteiger partial charge is 0.416 e. The van der Waals surface area contributed by atoms with Gasteiger partial charge in [0.15, 0.2) is 14.6 Å². The maximum Gasteiger partial charge on any atom is 0.416 e. The third-order valence-electron chi connectivity index (χ3n) is 5.01. The molecule has 10 heteroatoms. The van der Waals surface area contributed by atoms with Crippen molar-refractivity contribution in [2.75, 3.05) is 5.32 Å². The average Bonchev–Trinajstić information content (AvgIpc) is 3.34. The molecule has 0 saturated heterocycles. The van der Waals surface area contributed by atoms with Gasteiger partial charge in [0.1, 0.15) is 5.82 Å². The molecule has 1 aliphatic carbocycles. The van der Waals surface area contributed by atoms with Crippen LogP contribution in [-0.2, 0) is 33.3 Å². The van der Waals surface area contributed by atoms with Crippen molar-refractivity contribution in [3.63, 3.8) is 0 Å². The van der Waals surface area contributed by atoms with Crippen LogP contribution < -0.4 is 5.32 Å². The highest BCUT2D eigenvalue weighted by Gasteiger charge is 2.61. The van der Waals surface area contributed by atoms with Crippen LogP contribution in [0.15, 0.2) is 35.2 Å². The van der Waals surface area contributed by atoms with Crippen molar-refractivity contribution in [2.24, 2.45) is 7.05 Å². The van der Waals surface area contributed by atoms with E-state index in [4.69, 9.17) is 0 Å². The number of hydrogen-bond donors (Lipinski definition) is 1. The molecule has 0 atom stereocenters. The van der Waals surface area contributed by atoms with E-state index < -0.39 is 32.2 Å². The van der Waals surface area contributed by atoms with Gasteiger partial charge in [0.25, 0.3) is 0 Å². The summed E-state index contributed by atoms with van der Waals surface area (Å²) in [5.74, 6) is -0.352. The van der Waals surface area contributed by atoms with Crippen LogP contribution in [-0.4, -0.2) is 28.9 Å². The summed E-state index contributed by atoms with van der Waals surface area (Å²) in [5, 5.41) is 6.96. The minimum absolute atomic E-state index is 0.103. The Morgan fingerprint density at radius 3 is 2.10 bits per heavy atom. The first-order valence-corrected chi connectivity index (χ1v) is 10.4. The van der Waals surface area contributed by atoms with E-state index in [1.807, 2.05) is 20.8 Å². The van der Waals surface area contributed by atoms with Crippen LogP contribution in [0.2, 0.25) is 0 Å². The first-order valence-electron chi connectivity index (χ1n) is 8.96. The molecular formula is C19H22F3N3O3S. The summed E-state index contributed by atoms with van der Waals surface area (Å²) in [6.07, 6.45) is -4.36. The highest BCUT2D eigenvalue weighted by Crippen LogP contribution is 2.48. The Hall–Kier alpha value is -2.36. The van der Waals surface area contributed by atoms with Gasteiger partial charge in [0.2, 0.25) is 5.91 Å². The molecule has 1 amide bonds. The summed E-state index contributed by atoms with van der Waals surface area (Å²) in [4.78, 5) is 12.5. The molecule has 1 aromatic heterocycles. The van der Waals surface area contributed by atoms with Crippen LogP contribution in [0.1, 0.15) is 44.9 Å². The second-order valence-electron chi connectivity index (χ2n) is 8.26. The number of carbonyl (C=O) groups excluding carboxylic acids is 1. The van der Waals surface area contributed by atoms with Gasteiger partial charge in [-0.05, 0) is 37.1 Å². The molecule has 2 aromatic rings. The third-order valence-corrected chi connectivity index (χ3v) is 7.53. The average molecular weight is 429 g/mol. The van der Waals surface area contributed by atoms with E-state index in [0.717, 1.165) is 17.8 Å². The van der Waals surface area contributed by atoms with Gasteiger partial charge in [-0.1, -0.05) is 20.8 Å². The Labute approximate surface area is 167 Å². The van der Waals surface area contributed by atoms with E-state index in [1.54, 1.807) is 13.1 Å². The summed E-state index contributed by atoms with van der Waals surface area (Å²) in [6, 6.07) is 4.88. The van der Waals surface area contributed by atoms with E-state index in [9.17, 15) is 26.4 Å². The van der Waals surface area contributed by atoms with E-state index in [2.05, 4.69) is 10.4 Å². The van der Waals surface area contributed by atoms with E-state index in [-0.39, 0.29) is 23.2 Å². The molecule has 158 valence electrons. The van der Waals surface area contributed by atoms with Crippen LogP contribution in [0.4, 0.5) is 19.0 Å². The zero-order valence-corrected chi connectivity index (χ0v) is 17.3. The van der Waals surface area contributed by atoms with E-state index >= 15 is 0 Å². The number of rotatable bonds is 4. The number of carbonyl (C=O) groups is 1. The second-order valence-corrected chi connectivity index (χ2v) is 10.5. The maximum absolute atomic E-state index is 13.0. The predicted octanol–water partition coefficient (Wildman–Crippen LogP) is 3.68. The minimum atomic E-state index is -4.57. The summed E-state index contributed by atoms with van der Waals surface area (Å²) >= 11 is 0. The minimum Gasteiger partial charge on any atom is -0.310 e. The Bertz CT molecular complexity index is 1050. The van der Waals surface area contributed by atoms with Crippen molar-refractivity contribution in [3.05, 3.63) is 41.6 Å². The molecular weight excluding hydrogens is 407 g/mol. The topological polar surface area (TPSA) is 81.1 Å². The molecule has 1 heterocycles. The van der Waals surface area contributed by atoms with Gasteiger partial charge in [0.05, 0.1) is 16.2 Å². The smallest absolute Gasteiger partial charge is 0.310 e. The number of nitrogens with zero attached hydrogens (tertiary/aromatic N) is 2. The number of aromatic nitrogens is 2. The molecule has 0 aliphatic heterocycles. The van der Waals surface area contributed by atoms with Crippen LogP contribution in [0, 0.1) is 0 Å². The van der Waals surface area contributed by atoms with Crippen molar-refractivity contribution in [2.45, 2.75) is 54.8 Å². The fourth-order valence-corrected chi connectivity index (χ4v) is 4.84. The Balaban J connectivity index is 1.87. The zero-order valence-electron chi connectivity index (χ0n) is 16.5. The number of hydrogen-bond acceptors (Lipinski definition) is 4. The van der Waals surface area contributed by atoms with Crippen molar-refractivity contribution in [1.82, 2.24) is 9.78 Å². The Morgan fingerprint density at radius 2 is 1.69 bits per heavy atom. The van der Waals surface area contributed by atoms with Crippen LogP contribution in [0.25, 0.3) is 0 Å². The molecule has 29 heavy (non-hydrogen) atoms. The summed E-state index contributed by atoms with van der Waals surface area (Å²) in [7, 11) is -2.52. The lowest BCUT2D eigenvalue weighted by molar-refractivity contribution is -0.137. The molecule has 0 spiro atoms. The molecule has 0 unspecified atom stereocenters.